The molecular formula is C14H23NO5. The summed E-state index contributed by atoms with van der Waals surface area (Å²) in [6, 6.07) is -0.611. The molecule has 1 amide bonds. The van der Waals surface area contributed by atoms with Crippen LogP contribution in [0.4, 0.5) is 0 Å². The molecule has 0 spiro atoms. The van der Waals surface area contributed by atoms with Crippen LogP contribution in [-0.4, -0.2) is 35.1 Å². The van der Waals surface area contributed by atoms with Crippen LogP contribution in [0, 0.1) is 0 Å². The predicted molar refractivity (Wildman–Crippen MR) is 71.8 cm³/mol. The minimum absolute atomic E-state index is 0.0311. The zero-order valence-electron chi connectivity index (χ0n) is 12.7. The molecule has 1 aliphatic rings. The number of amides is 1. The summed E-state index contributed by atoms with van der Waals surface area (Å²) in [4.78, 5) is 34.7. The van der Waals surface area contributed by atoms with E-state index in [-0.39, 0.29) is 12.3 Å². The summed E-state index contributed by atoms with van der Waals surface area (Å²) in [7, 11) is 0. The first kappa shape index (κ1) is 16.5. The smallest absolute Gasteiger partial charge is 0.329 e. The normalized spacial score (nSPS) is 19.4. The number of rotatable bonds is 4. The van der Waals surface area contributed by atoms with Gasteiger partial charge in [0.2, 0.25) is 5.91 Å². The van der Waals surface area contributed by atoms with E-state index in [2.05, 4.69) is 5.32 Å². The molecule has 6 heteroatoms. The van der Waals surface area contributed by atoms with Crippen molar-refractivity contribution in [3.8, 4) is 0 Å². The molecule has 114 valence electrons. The molecule has 1 N–H and O–H groups in total. The third kappa shape index (κ3) is 5.59. The zero-order chi connectivity index (χ0) is 15.6. The minimum Gasteiger partial charge on any atom is -0.460 e. The van der Waals surface area contributed by atoms with Gasteiger partial charge in [0, 0.05) is 6.42 Å². The summed E-state index contributed by atoms with van der Waals surface area (Å²) in [5.74, 6) is -1.09. The van der Waals surface area contributed by atoms with Gasteiger partial charge in [-0.05, 0) is 41.0 Å². The average molecular weight is 285 g/mol. The van der Waals surface area contributed by atoms with Crippen LogP contribution in [0.1, 0.15) is 53.9 Å². The van der Waals surface area contributed by atoms with Gasteiger partial charge in [-0.15, -0.1) is 0 Å². The van der Waals surface area contributed by atoms with Crippen molar-refractivity contribution in [3.05, 3.63) is 0 Å². The van der Waals surface area contributed by atoms with Gasteiger partial charge in [-0.2, -0.15) is 0 Å². The first-order valence-corrected chi connectivity index (χ1v) is 6.73. The number of nitrogens with one attached hydrogen (secondary N) is 1. The number of carbonyl (C=O) groups excluding carboxylic acids is 3. The van der Waals surface area contributed by atoms with E-state index in [4.69, 9.17) is 9.47 Å². The molecule has 0 radical (unpaired) electrons. The molecule has 1 heterocycles. The highest BCUT2D eigenvalue weighted by atomic mass is 16.6. The van der Waals surface area contributed by atoms with Crippen LogP contribution in [0.5, 0.6) is 0 Å². The Morgan fingerprint density at radius 1 is 1.20 bits per heavy atom. The SMILES string of the molecule is CC(C)(C)OC(=O)CC(C)(C)OC(=O)[C@@H]1CCC(=O)N1. The quantitative estimate of drug-likeness (QED) is 0.788. The molecule has 0 aromatic heterocycles. The number of hydrogen-bond acceptors (Lipinski definition) is 5. The van der Waals surface area contributed by atoms with Gasteiger partial charge in [0.05, 0.1) is 6.42 Å². The summed E-state index contributed by atoms with van der Waals surface area (Å²) in [5, 5.41) is 2.54. The van der Waals surface area contributed by atoms with E-state index in [0.29, 0.717) is 12.8 Å². The molecule has 0 bridgehead atoms. The fraction of sp³-hybridized carbons (Fsp3) is 0.786. The Labute approximate surface area is 119 Å². The molecule has 1 fully saturated rings. The van der Waals surface area contributed by atoms with E-state index in [0.717, 1.165) is 0 Å². The lowest BCUT2D eigenvalue weighted by molar-refractivity contribution is -0.169. The summed E-state index contributed by atoms with van der Waals surface area (Å²) >= 11 is 0. The van der Waals surface area contributed by atoms with E-state index in [1.165, 1.54) is 0 Å². The maximum atomic E-state index is 11.9. The molecule has 0 unspecified atom stereocenters. The van der Waals surface area contributed by atoms with Crippen molar-refractivity contribution in [2.24, 2.45) is 0 Å². The lowest BCUT2D eigenvalue weighted by Crippen LogP contribution is -2.41. The van der Waals surface area contributed by atoms with Crippen LogP contribution in [0.2, 0.25) is 0 Å². The van der Waals surface area contributed by atoms with Crippen LogP contribution in [0.3, 0.4) is 0 Å². The summed E-state index contributed by atoms with van der Waals surface area (Å²) in [6.45, 7) is 8.62. The maximum absolute atomic E-state index is 11.9. The summed E-state index contributed by atoms with van der Waals surface area (Å²) < 4.78 is 10.5. The Balaban J connectivity index is 2.50. The highest BCUT2D eigenvalue weighted by Crippen LogP contribution is 2.20. The second kappa shape index (κ2) is 5.81. The third-order valence-corrected chi connectivity index (χ3v) is 2.65. The lowest BCUT2D eigenvalue weighted by atomic mass is 10.0. The molecule has 0 saturated carbocycles. The molecular weight excluding hydrogens is 262 g/mol. The van der Waals surface area contributed by atoms with Crippen LogP contribution >= 0.6 is 0 Å². The van der Waals surface area contributed by atoms with Crippen molar-refractivity contribution in [1.29, 1.82) is 0 Å². The van der Waals surface area contributed by atoms with E-state index in [1.807, 2.05) is 0 Å². The van der Waals surface area contributed by atoms with Gasteiger partial charge in [-0.1, -0.05) is 0 Å². The fourth-order valence-electron chi connectivity index (χ4n) is 1.90. The Morgan fingerprint density at radius 3 is 2.25 bits per heavy atom. The number of esters is 2. The molecule has 0 aromatic rings. The van der Waals surface area contributed by atoms with E-state index >= 15 is 0 Å². The molecule has 1 aliphatic heterocycles. The number of hydrogen-bond donors (Lipinski definition) is 1. The van der Waals surface area contributed by atoms with Crippen LogP contribution in [-0.2, 0) is 23.9 Å². The molecule has 1 saturated heterocycles. The largest absolute Gasteiger partial charge is 0.460 e. The minimum atomic E-state index is -0.966. The monoisotopic (exact) mass is 285 g/mol. The molecule has 0 aromatic carbocycles. The second-order valence-corrected chi connectivity index (χ2v) is 6.60. The average Bonchev–Trinajstić information content (AvgIpc) is 2.59. The van der Waals surface area contributed by atoms with Gasteiger partial charge in [-0.3, -0.25) is 9.59 Å². The van der Waals surface area contributed by atoms with Crippen LogP contribution in [0.25, 0.3) is 0 Å². The van der Waals surface area contributed by atoms with Crippen molar-refractivity contribution in [3.63, 3.8) is 0 Å². The summed E-state index contributed by atoms with van der Waals surface area (Å²) in [6.07, 6.45) is 0.725. The molecule has 6 nitrogen and oxygen atoms in total. The highest BCUT2D eigenvalue weighted by molar-refractivity contribution is 5.88. The zero-order valence-corrected chi connectivity index (χ0v) is 12.7. The number of ether oxygens (including phenoxy) is 2. The summed E-state index contributed by atoms with van der Waals surface area (Å²) in [5.41, 5.74) is -1.54. The third-order valence-electron chi connectivity index (χ3n) is 2.65. The van der Waals surface area contributed by atoms with Gasteiger partial charge in [0.1, 0.15) is 17.2 Å². The molecule has 1 atom stereocenters. The Bertz CT molecular complexity index is 408. The molecule has 1 rings (SSSR count). The van der Waals surface area contributed by atoms with E-state index in [1.54, 1.807) is 34.6 Å². The van der Waals surface area contributed by atoms with Crippen LogP contribution < -0.4 is 5.32 Å². The van der Waals surface area contributed by atoms with Gasteiger partial charge in [0.15, 0.2) is 0 Å². The Hall–Kier alpha value is -1.59. The van der Waals surface area contributed by atoms with Crippen molar-refractivity contribution >= 4 is 17.8 Å². The second-order valence-electron chi connectivity index (χ2n) is 6.60. The fourth-order valence-corrected chi connectivity index (χ4v) is 1.90. The molecule has 20 heavy (non-hydrogen) atoms. The van der Waals surface area contributed by atoms with E-state index in [9.17, 15) is 14.4 Å². The van der Waals surface area contributed by atoms with Crippen molar-refractivity contribution in [2.45, 2.75) is 71.1 Å². The van der Waals surface area contributed by atoms with Crippen molar-refractivity contribution in [1.82, 2.24) is 5.32 Å². The van der Waals surface area contributed by atoms with Crippen molar-refractivity contribution < 1.29 is 23.9 Å². The lowest BCUT2D eigenvalue weighted by Gasteiger charge is -2.27. The van der Waals surface area contributed by atoms with E-state index < -0.39 is 29.2 Å². The number of carbonyl (C=O) groups is 3. The Morgan fingerprint density at radius 2 is 1.80 bits per heavy atom. The van der Waals surface area contributed by atoms with Gasteiger partial charge < -0.3 is 14.8 Å². The topological polar surface area (TPSA) is 81.7 Å². The van der Waals surface area contributed by atoms with Gasteiger partial charge in [-0.25, -0.2) is 4.79 Å². The Kier molecular flexibility index (Phi) is 4.78. The maximum Gasteiger partial charge on any atom is 0.329 e. The van der Waals surface area contributed by atoms with Gasteiger partial charge in [0.25, 0.3) is 0 Å². The highest BCUT2D eigenvalue weighted by Gasteiger charge is 2.34. The van der Waals surface area contributed by atoms with Crippen LogP contribution in [0.15, 0.2) is 0 Å². The molecule has 0 aliphatic carbocycles. The standard InChI is InChI=1S/C14H23NO5/c1-13(2,3)19-11(17)8-14(4,5)20-12(18)9-6-7-10(16)15-9/h9H,6-8H2,1-5H3,(H,15,16)/t9-/m0/s1. The van der Waals surface area contributed by atoms with Gasteiger partial charge >= 0.3 is 11.9 Å². The first-order valence-electron chi connectivity index (χ1n) is 6.73. The predicted octanol–water partition coefficient (Wildman–Crippen LogP) is 1.32. The first-order chi connectivity index (χ1) is 8.98. The van der Waals surface area contributed by atoms with Crippen molar-refractivity contribution in [2.75, 3.05) is 0 Å².